The van der Waals surface area contributed by atoms with E-state index in [1.807, 2.05) is 18.2 Å². The molecule has 4 rings (SSSR count). The van der Waals surface area contributed by atoms with Gasteiger partial charge in [0, 0.05) is 44.9 Å². The van der Waals surface area contributed by atoms with E-state index in [1.165, 1.54) is 29.2 Å². The lowest BCUT2D eigenvalue weighted by Crippen LogP contribution is -2.36. The lowest BCUT2D eigenvalue weighted by molar-refractivity contribution is -0.274. The second-order valence-corrected chi connectivity index (χ2v) is 8.28. The quantitative estimate of drug-likeness (QED) is 0.658. The van der Waals surface area contributed by atoms with Crippen LogP contribution in [0.2, 0.25) is 0 Å². The van der Waals surface area contributed by atoms with Crippen LogP contribution in [0.5, 0.6) is 11.5 Å². The molecule has 0 aliphatic carbocycles. The van der Waals surface area contributed by atoms with Crippen LogP contribution in [0.1, 0.15) is 22.3 Å². The SMILES string of the molecule is CN(C)C(=O)CN1Cc2ccc(N3CC[C@@H](Oc4ccc(OC(F)(F)F)cc4)C3)cc2C1=O. The smallest absolute Gasteiger partial charge is 0.489 e. The molecule has 2 aromatic carbocycles. The molecular weight excluding hydrogens is 439 g/mol. The molecule has 1 saturated heterocycles. The first kappa shape index (κ1) is 22.8. The van der Waals surface area contributed by atoms with Gasteiger partial charge in [0.2, 0.25) is 5.91 Å². The predicted molar refractivity (Wildman–Crippen MR) is 114 cm³/mol. The van der Waals surface area contributed by atoms with Crippen LogP contribution in [0.3, 0.4) is 0 Å². The molecule has 0 saturated carbocycles. The minimum atomic E-state index is -4.73. The Morgan fingerprint density at radius 1 is 1.12 bits per heavy atom. The van der Waals surface area contributed by atoms with Crippen molar-refractivity contribution in [2.45, 2.75) is 25.4 Å². The van der Waals surface area contributed by atoms with Crippen LogP contribution in [-0.4, -0.2) is 67.8 Å². The average molecular weight is 463 g/mol. The average Bonchev–Trinajstić information content (AvgIpc) is 3.33. The monoisotopic (exact) mass is 463 g/mol. The molecule has 0 N–H and O–H groups in total. The first-order valence-corrected chi connectivity index (χ1v) is 10.5. The zero-order chi connectivity index (χ0) is 23.8. The van der Waals surface area contributed by atoms with Crippen molar-refractivity contribution in [1.29, 1.82) is 0 Å². The van der Waals surface area contributed by atoms with Crippen LogP contribution >= 0.6 is 0 Å². The Kier molecular flexibility index (Phi) is 6.09. The van der Waals surface area contributed by atoms with Crippen LogP contribution in [-0.2, 0) is 11.3 Å². The third-order valence-electron chi connectivity index (χ3n) is 5.67. The van der Waals surface area contributed by atoms with E-state index in [-0.39, 0.29) is 30.2 Å². The highest BCUT2D eigenvalue weighted by atomic mass is 19.4. The summed E-state index contributed by atoms with van der Waals surface area (Å²) in [5.74, 6) is -0.127. The van der Waals surface area contributed by atoms with Crippen molar-refractivity contribution in [2.75, 3.05) is 38.6 Å². The highest BCUT2D eigenvalue weighted by molar-refractivity contribution is 6.01. The maximum Gasteiger partial charge on any atom is 0.573 e. The number of nitrogens with zero attached hydrogens (tertiary/aromatic N) is 3. The van der Waals surface area contributed by atoms with Gasteiger partial charge in [-0.2, -0.15) is 0 Å². The Morgan fingerprint density at radius 3 is 2.48 bits per heavy atom. The Labute approximate surface area is 189 Å². The summed E-state index contributed by atoms with van der Waals surface area (Å²) in [7, 11) is 3.31. The van der Waals surface area contributed by atoms with E-state index in [1.54, 1.807) is 19.0 Å². The largest absolute Gasteiger partial charge is 0.573 e. The maximum atomic E-state index is 12.8. The molecule has 2 amide bonds. The van der Waals surface area contributed by atoms with Gasteiger partial charge >= 0.3 is 6.36 Å². The van der Waals surface area contributed by atoms with Crippen molar-refractivity contribution in [3.63, 3.8) is 0 Å². The number of hydrogen-bond donors (Lipinski definition) is 0. The van der Waals surface area contributed by atoms with E-state index < -0.39 is 6.36 Å². The number of benzene rings is 2. The van der Waals surface area contributed by atoms with Crippen molar-refractivity contribution in [2.24, 2.45) is 0 Å². The molecule has 2 heterocycles. The summed E-state index contributed by atoms with van der Waals surface area (Å²) in [6.45, 7) is 1.75. The summed E-state index contributed by atoms with van der Waals surface area (Å²) in [6.07, 6.45) is -4.14. The maximum absolute atomic E-state index is 12.8. The van der Waals surface area contributed by atoms with E-state index in [0.29, 0.717) is 24.4 Å². The molecule has 0 aromatic heterocycles. The molecule has 7 nitrogen and oxygen atoms in total. The highest BCUT2D eigenvalue weighted by Crippen LogP contribution is 2.31. The van der Waals surface area contributed by atoms with Crippen LogP contribution < -0.4 is 14.4 Å². The van der Waals surface area contributed by atoms with Gasteiger partial charge in [-0.1, -0.05) is 6.07 Å². The molecule has 1 atom stereocenters. The second-order valence-electron chi connectivity index (χ2n) is 8.28. The number of anilines is 1. The fraction of sp³-hybridized carbons (Fsp3) is 0.391. The van der Waals surface area contributed by atoms with Crippen molar-refractivity contribution in [1.82, 2.24) is 9.80 Å². The topological polar surface area (TPSA) is 62.3 Å². The molecule has 33 heavy (non-hydrogen) atoms. The van der Waals surface area contributed by atoms with Gasteiger partial charge in [-0.15, -0.1) is 13.2 Å². The summed E-state index contributed by atoms with van der Waals surface area (Å²) < 4.78 is 46.7. The third kappa shape index (κ3) is 5.32. The van der Waals surface area contributed by atoms with Gasteiger partial charge in [-0.3, -0.25) is 9.59 Å². The molecule has 2 aliphatic rings. The van der Waals surface area contributed by atoms with Crippen molar-refractivity contribution in [3.8, 4) is 11.5 Å². The van der Waals surface area contributed by atoms with E-state index in [0.717, 1.165) is 24.2 Å². The predicted octanol–water partition coefficient (Wildman–Crippen LogP) is 3.29. The number of fused-ring (bicyclic) bond motifs is 1. The molecule has 0 radical (unpaired) electrons. The number of hydrogen-bond acceptors (Lipinski definition) is 5. The van der Waals surface area contributed by atoms with E-state index in [2.05, 4.69) is 9.64 Å². The van der Waals surface area contributed by atoms with Crippen LogP contribution in [0.25, 0.3) is 0 Å². The summed E-state index contributed by atoms with van der Waals surface area (Å²) >= 11 is 0. The minimum absolute atomic E-state index is 0.0439. The summed E-state index contributed by atoms with van der Waals surface area (Å²) in [4.78, 5) is 29.9. The number of rotatable bonds is 6. The van der Waals surface area contributed by atoms with Crippen LogP contribution in [0, 0.1) is 0 Å². The normalized spacial score (nSPS) is 17.8. The van der Waals surface area contributed by atoms with Gasteiger partial charge in [-0.25, -0.2) is 0 Å². The van der Waals surface area contributed by atoms with Gasteiger partial charge in [-0.05, 0) is 42.0 Å². The molecule has 1 fully saturated rings. The van der Waals surface area contributed by atoms with Crippen LogP contribution in [0.15, 0.2) is 42.5 Å². The van der Waals surface area contributed by atoms with Crippen molar-refractivity contribution >= 4 is 17.5 Å². The zero-order valence-corrected chi connectivity index (χ0v) is 18.3. The van der Waals surface area contributed by atoms with Crippen molar-refractivity contribution in [3.05, 3.63) is 53.6 Å². The molecule has 10 heteroatoms. The Balaban J connectivity index is 1.36. The van der Waals surface area contributed by atoms with E-state index in [9.17, 15) is 22.8 Å². The second kappa shape index (κ2) is 8.84. The standard InChI is InChI=1S/C23H24F3N3O4/c1-27(2)21(30)14-29-12-15-3-4-16(11-20(15)22(29)31)28-10-9-19(13-28)32-17-5-7-18(8-6-17)33-23(24,25)26/h3-8,11,19H,9-10,12-14H2,1-2H3/t19-/m1/s1. The first-order valence-electron chi connectivity index (χ1n) is 10.5. The molecule has 2 aliphatic heterocycles. The number of likely N-dealkylation sites (N-methyl/N-ethyl adjacent to an activating group) is 1. The molecular formula is C23H24F3N3O4. The summed E-state index contributed by atoms with van der Waals surface area (Å²) in [5.41, 5.74) is 2.38. The number of carbonyl (C=O) groups is 2. The molecule has 0 unspecified atom stereocenters. The lowest BCUT2D eigenvalue weighted by Gasteiger charge is -2.20. The van der Waals surface area contributed by atoms with Gasteiger partial charge in [0.1, 0.15) is 24.1 Å². The van der Waals surface area contributed by atoms with Gasteiger partial charge in [0.15, 0.2) is 0 Å². The Morgan fingerprint density at radius 2 is 1.82 bits per heavy atom. The molecule has 2 aromatic rings. The molecule has 176 valence electrons. The van der Waals surface area contributed by atoms with Gasteiger partial charge in [0.05, 0.1) is 6.54 Å². The number of alkyl halides is 3. The molecule has 0 bridgehead atoms. The van der Waals surface area contributed by atoms with Crippen molar-refractivity contribution < 1.29 is 32.2 Å². The number of amides is 2. The fourth-order valence-electron chi connectivity index (χ4n) is 3.95. The first-order chi connectivity index (χ1) is 15.6. The minimum Gasteiger partial charge on any atom is -0.489 e. The zero-order valence-electron chi connectivity index (χ0n) is 18.3. The Bertz CT molecular complexity index is 1040. The lowest BCUT2D eigenvalue weighted by atomic mass is 10.1. The number of halogens is 3. The Hall–Kier alpha value is -3.43. The molecule has 0 spiro atoms. The summed E-state index contributed by atoms with van der Waals surface area (Å²) in [6, 6.07) is 11.0. The van der Waals surface area contributed by atoms with Gasteiger partial charge < -0.3 is 24.2 Å². The third-order valence-corrected chi connectivity index (χ3v) is 5.67. The fourth-order valence-corrected chi connectivity index (χ4v) is 3.95. The summed E-state index contributed by atoms with van der Waals surface area (Å²) in [5, 5.41) is 0. The number of ether oxygens (including phenoxy) is 2. The highest BCUT2D eigenvalue weighted by Gasteiger charge is 2.32. The van der Waals surface area contributed by atoms with E-state index >= 15 is 0 Å². The van der Waals surface area contributed by atoms with Crippen LogP contribution in [0.4, 0.5) is 18.9 Å². The van der Waals surface area contributed by atoms with E-state index in [4.69, 9.17) is 4.74 Å². The van der Waals surface area contributed by atoms with Gasteiger partial charge in [0.25, 0.3) is 5.91 Å². The number of carbonyl (C=O) groups excluding carboxylic acids is 2.